The minimum absolute atomic E-state index is 0.0717. The molecule has 0 fully saturated rings. The number of hydrogen-bond acceptors (Lipinski definition) is 5. The zero-order valence-electron chi connectivity index (χ0n) is 10.2. The smallest absolute Gasteiger partial charge is 0.255 e. The van der Waals surface area contributed by atoms with Crippen molar-refractivity contribution in [3.8, 4) is 0 Å². The second-order valence-electron chi connectivity index (χ2n) is 3.60. The van der Waals surface area contributed by atoms with Crippen molar-refractivity contribution in [2.75, 3.05) is 18.5 Å². The lowest BCUT2D eigenvalue weighted by molar-refractivity contribution is -0.120. The molecule has 18 heavy (non-hydrogen) atoms. The van der Waals surface area contributed by atoms with Crippen LogP contribution < -0.4 is 21.9 Å². The maximum absolute atomic E-state index is 11.8. The topological polar surface area (TPSA) is 109 Å². The Kier molecular flexibility index (Phi) is 5.59. The van der Waals surface area contributed by atoms with Gasteiger partial charge in [-0.1, -0.05) is 6.92 Å². The van der Waals surface area contributed by atoms with Crippen LogP contribution in [0.2, 0.25) is 0 Å². The molecule has 0 radical (unpaired) electrons. The normalized spacial score (nSPS) is 9.67. The standard InChI is InChI=1S/C11H17N5O2/c1-2-4-14-10(17)7-15-11(18)8-6-13-5-3-9(8)16-12/h3,5-6H,2,4,7,12H2,1H3,(H,13,16)(H,14,17)(H,15,18). The van der Waals surface area contributed by atoms with Crippen LogP contribution in [-0.2, 0) is 4.79 Å². The molecule has 0 atom stereocenters. The monoisotopic (exact) mass is 251 g/mol. The maximum atomic E-state index is 11.8. The Morgan fingerprint density at radius 3 is 2.83 bits per heavy atom. The van der Waals surface area contributed by atoms with E-state index in [2.05, 4.69) is 21.0 Å². The second-order valence-corrected chi connectivity index (χ2v) is 3.60. The van der Waals surface area contributed by atoms with Gasteiger partial charge in [-0.3, -0.25) is 20.4 Å². The molecule has 1 rings (SSSR count). The number of anilines is 1. The van der Waals surface area contributed by atoms with E-state index >= 15 is 0 Å². The zero-order valence-corrected chi connectivity index (χ0v) is 10.2. The number of nitrogens with zero attached hydrogens (tertiary/aromatic N) is 1. The quantitative estimate of drug-likeness (QED) is 0.407. The first kappa shape index (κ1) is 13.9. The fourth-order valence-corrected chi connectivity index (χ4v) is 1.28. The molecule has 0 spiro atoms. The van der Waals surface area contributed by atoms with Gasteiger partial charge in [0, 0.05) is 18.9 Å². The summed E-state index contributed by atoms with van der Waals surface area (Å²) in [7, 11) is 0. The lowest BCUT2D eigenvalue weighted by Crippen LogP contribution is -2.37. The highest BCUT2D eigenvalue weighted by molar-refractivity contribution is 6.00. The predicted molar refractivity (Wildman–Crippen MR) is 67.7 cm³/mol. The van der Waals surface area contributed by atoms with E-state index in [1.54, 1.807) is 6.07 Å². The van der Waals surface area contributed by atoms with Crippen molar-refractivity contribution in [2.24, 2.45) is 5.84 Å². The van der Waals surface area contributed by atoms with Crippen LogP contribution in [0.5, 0.6) is 0 Å². The van der Waals surface area contributed by atoms with E-state index < -0.39 is 5.91 Å². The van der Waals surface area contributed by atoms with E-state index in [1.165, 1.54) is 12.4 Å². The summed E-state index contributed by atoms with van der Waals surface area (Å²) in [5.41, 5.74) is 3.15. The van der Waals surface area contributed by atoms with Crippen molar-refractivity contribution in [2.45, 2.75) is 13.3 Å². The Hall–Kier alpha value is -2.15. The number of rotatable bonds is 6. The Balaban J connectivity index is 2.52. The van der Waals surface area contributed by atoms with Crippen LogP contribution in [0.25, 0.3) is 0 Å². The number of nitrogen functional groups attached to an aromatic ring is 1. The molecule has 0 unspecified atom stereocenters. The lowest BCUT2D eigenvalue weighted by atomic mass is 10.2. The molecule has 0 aliphatic carbocycles. The van der Waals surface area contributed by atoms with Gasteiger partial charge in [0.2, 0.25) is 5.91 Å². The summed E-state index contributed by atoms with van der Waals surface area (Å²) >= 11 is 0. The highest BCUT2D eigenvalue weighted by Gasteiger charge is 2.11. The molecule has 1 heterocycles. The van der Waals surface area contributed by atoms with Crippen molar-refractivity contribution in [3.63, 3.8) is 0 Å². The van der Waals surface area contributed by atoms with Crippen molar-refractivity contribution in [1.29, 1.82) is 0 Å². The van der Waals surface area contributed by atoms with Crippen molar-refractivity contribution >= 4 is 17.5 Å². The van der Waals surface area contributed by atoms with Crippen molar-refractivity contribution in [3.05, 3.63) is 24.0 Å². The summed E-state index contributed by atoms with van der Waals surface area (Å²) in [5, 5.41) is 5.15. The Morgan fingerprint density at radius 1 is 1.39 bits per heavy atom. The molecule has 0 aliphatic rings. The van der Waals surface area contributed by atoms with Gasteiger partial charge in [-0.25, -0.2) is 0 Å². The van der Waals surface area contributed by atoms with Crippen LogP contribution in [0.15, 0.2) is 18.5 Å². The van der Waals surface area contributed by atoms with Gasteiger partial charge in [0.25, 0.3) is 5.91 Å². The van der Waals surface area contributed by atoms with Gasteiger partial charge in [-0.15, -0.1) is 0 Å². The number of nitrogens with one attached hydrogen (secondary N) is 3. The molecule has 0 aliphatic heterocycles. The average molecular weight is 251 g/mol. The van der Waals surface area contributed by atoms with Gasteiger partial charge in [-0.05, 0) is 12.5 Å². The average Bonchev–Trinajstić information content (AvgIpc) is 2.42. The van der Waals surface area contributed by atoms with Crippen molar-refractivity contribution < 1.29 is 9.59 Å². The summed E-state index contributed by atoms with van der Waals surface area (Å²) in [6.07, 6.45) is 3.75. The SMILES string of the molecule is CCCNC(=O)CNC(=O)c1cnccc1NN. The molecule has 2 amide bonds. The maximum Gasteiger partial charge on any atom is 0.255 e. The number of hydrazine groups is 1. The third-order valence-corrected chi connectivity index (χ3v) is 2.20. The zero-order chi connectivity index (χ0) is 13.4. The predicted octanol–water partition coefficient (Wildman–Crippen LogP) is -0.377. The number of hydrogen-bond donors (Lipinski definition) is 4. The van der Waals surface area contributed by atoms with E-state index in [4.69, 9.17) is 5.84 Å². The second kappa shape index (κ2) is 7.23. The van der Waals surface area contributed by atoms with E-state index in [9.17, 15) is 9.59 Å². The molecule has 98 valence electrons. The Labute approximate surface area is 105 Å². The summed E-state index contributed by atoms with van der Waals surface area (Å²) in [4.78, 5) is 26.9. The number of pyridine rings is 1. The molecule has 7 heteroatoms. The summed E-state index contributed by atoms with van der Waals surface area (Å²) < 4.78 is 0. The van der Waals surface area contributed by atoms with Crippen LogP contribution in [-0.4, -0.2) is 29.9 Å². The molecule has 0 bridgehead atoms. The van der Waals surface area contributed by atoms with E-state index in [1.807, 2.05) is 6.92 Å². The summed E-state index contributed by atoms with van der Waals surface area (Å²) in [6, 6.07) is 1.58. The van der Waals surface area contributed by atoms with Gasteiger partial charge in [0.1, 0.15) is 0 Å². The third-order valence-electron chi connectivity index (χ3n) is 2.20. The minimum Gasteiger partial charge on any atom is -0.355 e. The molecule has 5 N–H and O–H groups in total. The first-order valence-electron chi connectivity index (χ1n) is 5.64. The van der Waals surface area contributed by atoms with Crippen LogP contribution in [0, 0.1) is 0 Å². The lowest BCUT2D eigenvalue weighted by Gasteiger charge is -2.09. The van der Waals surface area contributed by atoms with Gasteiger partial charge >= 0.3 is 0 Å². The highest BCUT2D eigenvalue weighted by Crippen LogP contribution is 2.10. The molecule has 0 saturated carbocycles. The number of amides is 2. The fraction of sp³-hybridized carbons (Fsp3) is 0.364. The van der Waals surface area contributed by atoms with Gasteiger partial charge < -0.3 is 16.1 Å². The summed E-state index contributed by atoms with van der Waals surface area (Å²) in [5.74, 6) is 4.65. The van der Waals surface area contributed by atoms with Crippen LogP contribution >= 0.6 is 0 Å². The van der Waals surface area contributed by atoms with E-state index in [-0.39, 0.29) is 12.5 Å². The van der Waals surface area contributed by atoms with Crippen LogP contribution in [0.1, 0.15) is 23.7 Å². The molecule has 7 nitrogen and oxygen atoms in total. The first-order chi connectivity index (χ1) is 8.69. The van der Waals surface area contributed by atoms with Gasteiger partial charge in [-0.2, -0.15) is 0 Å². The van der Waals surface area contributed by atoms with Gasteiger partial charge in [0.05, 0.1) is 17.8 Å². The highest BCUT2D eigenvalue weighted by atomic mass is 16.2. The minimum atomic E-state index is -0.400. The molecule has 0 saturated heterocycles. The van der Waals surface area contributed by atoms with Crippen molar-refractivity contribution in [1.82, 2.24) is 15.6 Å². The number of nitrogens with two attached hydrogens (primary N) is 1. The molecular formula is C11H17N5O2. The molecule has 0 aromatic carbocycles. The number of aromatic nitrogens is 1. The molecular weight excluding hydrogens is 234 g/mol. The van der Waals surface area contributed by atoms with Gasteiger partial charge in [0.15, 0.2) is 0 Å². The number of carbonyl (C=O) groups excluding carboxylic acids is 2. The Bertz CT molecular complexity index is 422. The Morgan fingerprint density at radius 2 is 2.17 bits per heavy atom. The summed E-state index contributed by atoms with van der Waals surface area (Å²) in [6.45, 7) is 2.47. The fourth-order valence-electron chi connectivity index (χ4n) is 1.28. The van der Waals surface area contributed by atoms with Crippen LogP contribution in [0.3, 0.4) is 0 Å². The third kappa shape index (κ3) is 4.02. The largest absolute Gasteiger partial charge is 0.355 e. The van der Waals surface area contributed by atoms with Crippen LogP contribution in [0.4, 0.5) is 5.69 Å². The first-order valence-corrected chi connectivity index (χ1v) is 5.64. The van der Waals surface area contributed by atoms with E-state index in [0.717, 1.165) is 6.42 Å². The molecule has 1 aromatic rings. The molecule has 1 aromatic heterocycles. The number of carbonyl (C=O) groups is 2. The van der Waals surface area contributed by atoms with E-state index in [0.29, 0.717) is 17.8 Å².